The van der Waals surface area contributed by atoms with Gasteiger partial charge in [0.05, 0.1) is 22.9 Å². The third-order valence-corrected chi connectivity index (χ3v) is 6.40. The molecule has 7 nitrogen and oxygen atoms in total. The summed E-state index contributed by atoms with van der Waals surface area (Å²) in [4.78, 5) is 19.8. The number of rotatable bonds is 8. The van der Waals surface area contributed by atoms with Gasteiger partial charge in [-0.25, -0.2) is 13.9 Å². The monoisotopic (exact) mass is 369 g/mol. The maximum Gasteiger partial charge on any atom is 0.274 e. The van der Waals surface area contributed by atoms with Crippen LogP contribution in [0, 0.1) is 0 Å². The van der Waals surface area contributed by atoms with Crippen molar-refractivity contribution in [3.8, 4) is 0 Å². The Balaban J connectivity index is 1.90. The summed E-state index contributed by atoms with van der Waals surface area (Å²) in [7, 11) is -3.48. The zero-order chi connectivity index (χ0) is 18.4. The molecular formula is C17H27N3O4S. The Morgan fingerprint density at radius 3 is 2.84 bits per heavy atom. The molecule has 140 valence electrons. The molecule has 1 heterocycles. The molecule has 2 rings (SSSR count). The number of hydroxylamine groups is 1. The lowest BCUT2D eigenvalue weighted by molar-refractivity contribution is 0.0243. The van der Waals surface area contributed by atoms with Crippen molar-refractivity contribution in [3.05, 3.63) is 23.8 Å². The predicted molar refractivity (Wildman–Crippen MR) is 96.9 cm³/mol. The molecule has 1 aromatic rings. The van der Waals surface area contributed by atoms with Crippen molar-refractivity contribution in [1.82, 2.24) is 10.4 Å². The summed E-state index contributed by atoms with van der Waals surface area (Å²) < 4.78 is 24.0. The van der Waals surface area contributed by atoms with Gasteiger partial charge < -0.3 is 10.6 Å². The summed E-state index contributed by atoms with van der Waals surface area (Å²) in [5.74, 6) is -0.556. The summed E-state index contributed by atoms with van der Waals surface area (Å²) >= 11 is 0. The number of anilines is 1. The lowest BCUT2D eigenvalue weighted by atomic mass is 10.1. The molecule has 0 radical (unpaired) electrons. The normalized spacial score (nSPS) is 18.4. The highest BCUT2D eigenvalue weighted by Gasteiger charge is 2.22. The van der Waals surface area contributed by atoms with Crippen molar-refractivity contribution in [3.63, 3.8) is 0 Å². The molecule has 1 saturated heterocycles. The van der Waals surface area contributed by atoms with Crippen LogP contribution >= 0.6 is 0 Å². The molecule has 25 heavy (non-hydrogen) atoms. The van der Waals surface area contributed by atoms with Gasteiger partial charge in [-0.15, -0.1) is 0 Å². The number of nitrogen functional groups attached to an aromatic ring is 1. The zero-order valence-electron chi connectivity index (χ0n) is 14.8. The van der Waals surface area contributed by atoms with Crippen LogP contribution in [-0.2, 0) is 14.7 Å². The first kappa shape index (κ1) is 19.7. The van der Waals surface area contributed by atoms with E-state index in [0.29, 0.717) is 12.6 Å². The molecule has 0 aromatic heterocycles. The Morgan fingerprint density at radius 2 is 2.16 bits per heavy atom. The summed E-state index contributed by atoms with van der Waals surface area (Å²) in [5.41, 5.74) is 8.45. The highest BCUT2D eigenvalue weighted by molar-refractivity contribution is 7.91. The van der Waals surface area contributed by atoms with E-state index in [1.807, 2.05) is 0 Å². The molecule has 1 atom stereocenters. The first-order chi connectivity index (χ1) is 11.9. The molecule has 1 unspecified atom stereocenters. The van der Waals surface area contributed by atoms with Crippen LogP contribution in [0.3, 0.4) is 0 Å². The first-order valence-electron chi connectivity index (χ1n) is 8.67. The van der Waals surface area contributed by atoms with Crippen molar-refractivity contribution < 1.29 is 18.0 Å². The molecule has 1 amide bonds. The number of sulfone groups is 1. The van der Waals surface area contributed by atoms with Crippen LogP contribution in [0.5, 0.6) is 0 Å². The van der Waals surface area contributed by atoms with Gasteiger partial charge in [-0.2, -0.15) is 0 Å². The van der Waals surface area contributed by atoms with E-state index in [1.165, 1.54) is 31.5 Å². The molecule has 0 saturated carbocycles. The third-order valence-electron chi connectivity index (χ3n) is 4.61. The Bertz CT molecular complexity index is 706. The molecule has 1 fully saturated rings. The number of hydrogen-bond donors (Lipinski definition) is 2. The van der Waals surface area contributed by atoms with Crippen LogP contribution in [0.2, 0.25) is 0 Å². The fraction of sp³-hybridized carbons (Fsp3) is 0.588. The van der Waals surface area contributed by atoms with E-state index < -0.39 is 15.7 Å². The van der Waals surface area contributed by atoms with Crippen LogP contribution in [0.1, 0.15) is 43.5 Å². The van der Waals surface area contributed by atoms with Crippen LogP contribution in [0.15, 0.2) is 23.1 Å². The zero-order valence-corrected chi connectivity index (χ0v) is 15.6. The van der Waals surface area contributed by atoms with Crippen molar-refractivity contribution >= 4 is 21.4 Å². The Morgan fingerprint density at radius 1 is 1.40 bits per heavy atom. The van der Waals surface area contributed by atoms with Crippen molar-refractivity contribution in [2.24, 2.45) is 0 Å². The van der Waals surface area contributed by atoms with E-state index in [4.69, 9.17) is 10.6 Å². The van der Waals surface area contributed by atoms with E-state index in [0.717, 1.165) is 25.9 Å². The predicted octanol–water partition coefficient (Wildman–Crippen LogP) is 1.60. The largest absolute Gasteiger partial charge is 0.398 e. The Hall–Kier alpha value is -1.64. The molecule has 0 bridgehead atoms. The number of hydrogen-bond acceptors (Lipinski definition) is 6. The number of nitrogens with two attached hydrogens (primary N) is 1. The van der Waals surface area contributed by atoms with Gasteiger partial charge in [0, 0.05) is 11.6 Å². The number of nitrogens with one attached hydrogen (secondary N) is 1. The average molecular weight is 369 g/mol. The number of amides is 1. The van der Waals surface area contributed by atoms with Crippen LogP contribution in [-0.4, -0.2) is 50.7 Å². The van der Waals surface area contributed by atoms with Gasteiger partial charge in [-0.05, 0) is 50.6 Å². The molecule has 1 aliphatic rings. The topological polar surface area (TPSA) is 102 Å². The summed E-state index contributed by atoms with van der Waals surface area (Å²) in [6.45, 7) is 6.24. The Kier molecular flexibility index (Phi) is 6.80. The summed E-state index contributed by atoms with van der Waals surface area (Å²) in [6, 6.07) is 4.70. The minimum Gasteiger partial charge on any atom is -0.398 e. The highest BCUT2D eigenvalue weighted by atomic mass is 32.2. The minimum absolute atomic E-state index is 0.0211. The van der Waals surface area contributed by atoms with Gasteiger partial charge in [-0.3, -0.25) is 9.63 Å². The van der Waals surface area contributed by atoms with Gasteiger partial charge >= 0.3 is 0 Å². The van der Waals surface area contributed by atoms with Gasteiger partial charge in [0.1, 0.15) is 0 Å². The highest BCUT2D eigenvalue weighted by Crippen LogP contribution is 2.21. The second-order valence-corrected chi connectivity index (χ2v) is 8.40. The van der Waals surface area contributed by atoms with Gasteiger partial charge in [0.15, 0.2) is 9.84 Å². The molecule has 3 N–H and O–H groups in total. The SMILES string of the molecule is CCN1CCCC1CCONC(=O)c1ccc(N)c(S(=O)(=O)CC)c1. The van der Waals surface area contributed by atoms with E-state index in [2.05, 4.69) is 17.3 Å². The summed E-state index contributed by atoms with van der Waals surface area (Å²) in [6.07, 6.45) is 3.21. The maximum absolute atomic E-state index is 12.2. The standard InChI is InChI=1S/C17H27N3O4S/c1-3-20-10-5-6-14(20)9-11-24-19-17(21)13-7-8-15(18)16(12-13)25(22,23)4-2/h7-8,12,14H,3-6,9-11,18H2,1-2H3,(H,19,21). The van der Waals surface area contributed by atoms with E-state index in [9.17, 15) is 13.2 Å². The molecule has 8 heteroatoms. The lowest BCUT2D eigenvalue weighted by Gasteiger charge is -2.22. The number of likely N-dealkylation sites (tertiary alicyclic amines) is 1. The van der Waals surface area contributed by atoms with Crippen molar-refractivity contribution in [2.75, 3.05) is 31.2 Å². The van der Waals surface area contributed by atoms with Gasteiger partial charge in [0.2, 0.25) is 0 Å². The van der Waals surface area contributed by atoms with Crippen molar-refractivity contribution in [2.45, 2.75) is 44.0 Å². The number of nitrogens with zero attached hydrogens (tertiary/aromatic N) is 1. The second-order valence-electron chi connectivity index (χ2n) is 6.15. The number of carbonyl (C=O) groups is 1. The smallest absolute Gasteiger partial charge is 0.274 e. The van der Waals surface area contributed by atoms with Gasteiger partial charge in [-0.1, -0.05) is 13.8 Å². The van der Waals surface area contributed by atoms with Crippen LogP contribution in [0.25, 0.3) is 0 Å². The van der Waals surface area contributed by atoms with E-state index in [1.54, 1.807) is 0 Å². The number of benzene rings is 1. The molecular weight excluding hydrogens is 342 g/mol. The van der Waals surface area contributed by atoms with E-state index in [-0.39, 0.29) is 21.9 Å². The average Bonchev–Trinajstić information content (AvgIpc) is 3.06. The lowest BCUT2D eigenvalue weighted by Crippen LogP contribution is -2.32. The minimum atomic E-state index is -3.48. The number of carbonyl (C=O) groups excluding carboxylic acids is 1. The first-order valence-corrected chi connectivity index (χ1v) is 10.3. The quantitative estimate of drug-likeness (QED) is 0.410. The Labute approximate surface area is 149 Å². The van der Waals surface area contributed by atoms with Crippen LogP contribution in [0.4, 0.5) is 5.69 Å². The molecule has 0 aliphatic carbocycles. The second kappa shape index (κ2) is 8.64. The van der Waals surface area contributed by atoms with Crippen molar-refractivity contribution in [1.29, 1.82) is 0 Å². The molecule has 1 aliphatic heterocycles. The summed E-state index contributed by atoms with van der Waals surface area (Å²) in [5, 5.41) is 0. The fourth-order valence-electron chi connectivity index (χ4n) is 3.11. The van der Waals surface area contributed by atoms with Gasteiger partial charge in [0.25, 0.3) is 5.91 Å². The van der Waals surface area contributed by atoms with Crippen LogP contribution < -0.4 is 11.2 Å². The van der Waals surface area contributed by atoms with E-state index >= 15 is 0 Å². The third kappa shape index (κ3) is 4.93. The molecule has 0 spiro atoms. The molecule has 1 aromatic carbocycles. The fourth-order valence-corrected chi connectivity index (χ4v) is 4.15. The maximum atomic E-state index is 12.2.